The molecular formula is C24H27N3O2S. The number of ether oxygens (including phenoxy) is 2. The van der Waals surface area contributed by atoms with Crippen LogP contribution in [0.4, 0.5) is 5.69 Å². The molecule has 0 aliphatic heterocycles. The van der Waals surface area contributed by atoms with Crippen LogP contribution in [-0.4, -0.2) is 29.2 Å². The Hall–Kier alpha value is -3.12. The van der Waals surface area contributed by atoms with E-state index in [0.29, 0.717) is 24.0 Å². The number of anilines is 1. The molecule has 0 amide bonds. The molecule has 156 valence electrons. The fraction of sp³-hybridized carbons (Fsp3) is 0.250. The van der Waals surface area contributed by atoms with Crippen LogP contribution in [0.25, 0.3) is 0 Å². The SMILES string of the molecule is CCc1ccc(CN(Cc2cccnc2)C(=S)Nc2ccc(OC)cc2OC)cc1. The Morgan fingerprint density at radius 2 is 1.70 bits per heavy atom. The second kappa shape index (κ2) is 10.6. The summed E-state index contributed by atoms with van der Waals surface area (Å²) in [5, 5.41) is 3.95. The van der Waals surface area contributed by atoms with Crippen molar-refractivity contribution in [1.82, 2.24) is 9.88 Å². The molecule has 1 N–H and O–H groups in total. The maximum Gasteiger partial charge on any atom is 0.174 e. The van der Waals surface area contributed by atoms with Crippen LogP contribution in [0.2, 0.25) is 0 Å². The van der Waals surface area contributed by atoms with E-state index in [-0.39, 0.29) is 0 Å². The molecule has 0 aliphatic rings. The van der Waals surface area contributed by atoms with Crippen molar-refractivity contribution in [3.63, 3.8) is 0 Å². The van der Waals surface area contributed by atoms with Gasteiger partial charge in [0, 0.05) is 31.5 Å². The third kappa shape index (κ3) is 5.70. The Morgan fingerprint density at radius 1 is 0.967 bits per heavy atom. The minimum absolute atomic E-state index is 0.613. The fourth-order valence-corrected chi connectivity index (χ4v) is 3.35. The minimum atomic E-state index is 0.613. The van der Waals surface area contributed by atoms with Crippen LogP contribution in [0.15, 0.2) is 67.0 Å². The second-order valence-electron chi connectivity index (χ2n) is 6.88. The summed E-state index contributed by atoms with van der Waals surface area (Å²) in [5.74, 6) is 1.40. The molecule has 0 spiro atoms. The molecule has 0 atom stereocenters. The van der Waals surface area contributed by atoms with Gasteiger partial charge < -0.3 is 19.7 Å². The fourth-order valence-electron chi connectivity index (χ4n) is 3.11. The van der Waals surface area contributed by atoms with Crippen LogP contribution in [-0.2, 0) is 19.5 Å². The van der Waals surface area contributed by atoms with E-state index in [4.69, 9.17) is 21.7 Å². The highest BCUT2D eigenvalue weighted by Gasteiger charge is 2.14. The Labute approximate surface area is 183 Å². The van der Waals surface area contributed by atoms with Gasteiger partial charge in [0.15, 0.2) is 5.11 Å². The van der Waals surface area contributed by atoms with Gasteiger partial charge in [0.2, 0.25) is 0 Å². The van der Waals surface area contributed by atoms with Crippen LogP contribution in [0, 0.1) is 0 Å². The average molecular weight is 422 g/mol. The molecule has 1 aromatic heterocycles. The van der Waals surface area contributed by atoms with E-state index in [1.54, 1.807) is 20.4 Å². The largest absolute Gasteiger partial charge is 0.497 e. The molecule has 2 aromatic carbocycles. The minimum Gasteiger partial charge on any atom is -0.497 e. The number of hydrogen-bond acceptors (Lipinski definition) is 4. The van der Waals surface area contributed by atoms with Crippen molar-refractivity contribution >= 4 is 23.0 Å². The zero-order valence-corrected chi connectivity index (χ0v) is 18.4. The first-order chi connectivity index (χ1) is 14.6. The highest BCUT2D eigenvalue weighted by Crippen LogP contribution is 2.29. The summed E-state index contributed by atoms with van der Waals surface area (Å²) in [6.07, 6.45) is 4.66. The summed E-state index contributed by atoms with van der Waals surface area (Å²) in [5.41, 5.74) is 4.40. The van der Waals surface area contributed by atoms with Crippen LogP contribution in [0.3, 0.4) is 0 Å². The lowest BCUT2D eigenvalue weighted by Crippen LogP contribution is -2.34. The van der Waals surface area contributed by atoms with Crippen LogP contribution < -0.4 is 14.8 Å². The monoisotopic (exact) mass is 421 g/mol. The quantitative estimate of drug-likeness (QED) is 0.513. The number of nitrogens with one attached hydrogen (secondary N) is 1. The van der Waals surface area contributed by atoms with Crippen molar-refractivity contribution in [1.29, 1.82) is 0 Å². The van der Waals surface area contributed by atoms with Crippen molar-refractivity contribution in [3.05, 3.63) is 83.7 Å². The van der Waals surface area contributed by atoms with Crippen LogP contribution in [0.1, 0.15) is 23.6 Å². The number of aromatic nitrogens is 1. The molecule has 0 radical (unpaired) electrons. The van der Waals surface area contributed by atoms with Gasteiger partial charge in [0.25, 0.3) is 0 Å². The number of pyridine rings is 1. The van der Waals surface area contributed by atoms with E-state index in [2.05, 4.69) is 52.5 Å². The summed E-state index contributed by atoms with van der Waals surface area (Å²) in [6, 6.07) is 18.3. The lowest BCUT2D eigenvalue weighted by Gasteiger charge is -2.27. The maximum atomic E-state index is 5.78. The standard InChI is InChI=1S/C24H27N3O2S/c1-4-18-7-9-19(10-8-18)16-27(17-20-6-5-13-25-15-20)24(30)26-22-12-11-21(28-2)14-23(22)29-3/h5-15H,4,16-17H2,1-3H3,(H,26,30). The van der Waals surface area contributed by atoms with Gasteiger partial charge >= 0.3 is 0 Å². The van der Waals surface area contributed by atoms with Gasteiger partial charge in [0.1, 0.15) is 11.5 Å². The van der Waals surface area contributed by atoms with Crippen molar-refractivity contribution in [2.45, 2.75) is 26.4 Å². The van der Waals surface area contributed by atoms with E-state index in [1.165, 1.54) is 11.1 Å². The van der Waals surface area contributed by atoms with Crippen LogP contribution in [0.5, 0.6) is 11.5 Å². The Morgan fingerprint density at radius 3 is 2.33 bits per heavy atom. The first kappa shape index (κ1) is 21.6. The highest BCUT2D eigenvalue weighted by molar-refractivity contribution is 7.80. The number of aryl methyl sites for hydroxylation is 1. The summed E-state index contributed by atoms with van der Waals surface area (Å²) in [7, 11) is 3.26. The molecule has 6 heteroatoms. The summed E-state index contributed by atoms with van der Waals surface area (Å²) >= 11 is 5.78. The average Bonchev–Trinajstić information content (AvgIpc) is 2.80. The first-order valence-electron chi connectivity index (χ1n) is 9.87. The number of nitrogens with zero attached hydrogens (tertiary/aromatic N) is 2. The molecule has 0 aliphatic carbocycles. The molecule has 1 heterocycles. The molecule has 0 fully saturated rings. The van der Waals surface area contributed by atoms with Crippen molar-refractivity contribution < 1.29 is 9.47 Å². The van der Waals surface area contributed by atoms with Gasteiger partial charge in [0.05, 0.1) is 19.9 Å². The van der Waals surface area contributed by atoms with E-state index >= 15 is 0 Å². The van der Waals surface area contributed by atoms with E-state index in [9.17, 15) is 0 Å². The number of rotatable bonds is 8. The predicted octanol–water partition coefficient (Wildman–Crippen LogP) is 5.06. The van der Waals surface area contributed by atoms with Crippen molar-refractivity contribution in [2.75, 3.05) is 19.5 Å². The number of thiocarbonyl (C=S) groups is 1. The first-order valence-corrected chi connectivity index (χ1v) is 10.3. The molecule has 0 bridgehead atoms. The zero-order valence-electron chi connectivity index (χ0n) is 17.6. The van der Waals surface area contributed by atoms with E-state index in [0.717, 1.165) is 23.4 Å². The normalized spacial score (nSPS) is 10.4. The molecule has 3 aromatic rings. The molecule has 0 saturated heterocycles. The number of benzene rings is 2. The summed E-state index contributed by atoms with van der Waals surface area (Å²) < 4.78 is 10.8. The molecule has 30 heavy (non-hydrogen) atoms. The predicted molar refractivity (Wildman–Crippen MR) is 125 cm³/mol. The second-order valence-corrected chi connectivity index (χ2v) is 7.27. The zero-order chi connectivity index (χ0) is 21.3. The van der Waals surface area contributed by atoms with Gasteiger partial charge in [-0.3, -0.25) is 4.98 Å². The van der Waals surface area contributed by atoms with E-state index in [1.807, 2.05) is 30.5 Å². The number of hydrogen-bond donors (Lipinski definition) is 1. The Balaban J connectivity index is 1.82. The van der Waals surface area contributed by atoms with Gasteiger partial charge in [-0.05, 0) is 53.5 Å². The summed E-state index contributed by atoms with van der Waals surface area (Å²) in [4.78, 5) is 6.36. The van der Waals surface area contributed by atoms with E-state index < -0.39 is 0 Å². The van der Waals surface area contributed by atoms with Crippen molar-refractivity contribution in [2.24, 2.45) is 0 Å². The van der Waals surface area contributed by atoms with Gasteiger partial charge in [-0.1, -0.05) is 37.3 Å². The molecule has 0 unspecified atom stereocenters. The van der Waals surface area contributed by atoms with Gasteiger partial charge in [-0.15, -0.1) is 0 Å². The third-order valence-electron chi connectivity index (χ3n) is 4.84. The molecule has 3 rings (SSSR count). The lowest BCUT2D eigenvalue weighted by atomic mass is 10.1. The smallest absolute Gasteiger partial charge is 0.174 e. The van der Waals surface area contributed by atoms with Gasteiger partial charge in [-0.25, -0.2) is 0 Å². The highest BCUT2D eigenvalue weighted by atomic mass is 32.1. The third-order valence-corrected chi connectivity index (χ3v) is 5.20. The molecular weight excluding hydrogens is 394 g/mol. The maximum absolute atomic E-state index is 5.78. The summed E-state index contributed by atoms with van der Waals surface area (Å²) in [6.45, 7) is 3.49. The van der Waals surface area contributed by atoms with Crippen molar-refractivity contribution in [3.8, 4) is 11.5 Å². The Kier molecular flexibility index (Phi) is 7.63. The Bertz CT molecular complexity index is 962. The van der Waals surface area contributed by atoms with Gasteiger partial charge in [-0.2, -0.15) is 0 Å². The number of methoxy groups -OCH3 is 2. The molecule has 5 nitrogen and oxygen atoms in total. The lowest BCUT2D eigenvalue weighted by molar-refractivity contribution is 0.394. The topological polar surface area (TPSA) is 46.6 Å². The van der Waals surface area contributed by atoms with Crippen LogP contribution >= 0.6 is 12.2 Å². The molecule has 0 saturated carbocycles.